The van der Waals surface area contributed by atoms with Crippen LogP contribution in [0.1, 0.15) is 23.1 Å². The zero-order valence-electron chi connectivity index (χ0n) is 14.6. The number of morpholine rings is 1. The van der Waals surface area contributed by atoms with Gasteiger partial charge in [-0.1, -0.05) is 30.3 Å². The first kappa shape index (κ1) is 19.1. The second kappa shape index (κ2) is 7.91. The van der Waals surface area contributed by atoms with Crippen molar-refractivity contribution in [2.45, 2.75) is 13.1 Å². The maximum atomic E-state index is 13.4. The van der Waals surface area contributed by atoms with E-state index in [9.17, 15) is 18.0 Å². The van der Waals surface area contributed by atoms with Crippen molar-refractivity contribution in [1.29, 1.82) is 0 Å². The molecule has 1 saturated heterocycles. The van der Waals surface area contributed by atoms with Crippen molar-refractivity contribution in [3.63, 3.8) is 0 Å². The van der Waals surface area contributed by atoms with Crippen LogP contribution in [0.25, 0.3) is 11.3 Å². The number of anilines is 1. The maximum absolute atomic E-state index is 13.4. The second-order valence-electron chi connectivity index (χ2n) is 5.78. The lowest BCUT2D eigenvalue weighted by Gasteiger charge is -2.30. The lowest BCUT2D eigenvalue weighted by molar-refractivity contribution is -0.144. The zero-order valence-corrected chi connectivity index (χ0v) is 14.6. The van der Waals surface area contributed by atoms with Crippen LogP contribution in [0.2, 0.25) is 0 Å². The first-order valence-corrected chi connectivity index (χ1v) is 8.46. The lowest BCUT2D eigenvalue weighted by atomic mass is 10.1. The number of hydrogen-bond donors (Lipinski definition) is 0. The molecule has 1 aromatic heterocycles. The summed E-state index contributed by atoms with van der Waals surface area (Å²) >= 11 is 0. The largest absolute Gasteiger partial charge is 0.462 e. The third-order valence-corrected chi connectivity index (χ3v) is 3.98. The first-order chi connectivity index (χ1) is 12.9. The number of nitrogens with zero attached hydrogens (tertiary/aromatic N) is 3. The van der Waals surface area contributed by atoms with Crippen molar-refractivity contribution in [2.75, 3.05) is 37.8 Å². The summed E-state index contributed by atoms with van der Waals surface area (Å²) in [6, 6.07) is 8.23. The summed E-state index contributed by atoms with van der Waals surface area (Å²) in [5, 5.41) is 0. The van der Waals surface area contributed by atoms with E-state index in [1.54, 1.807) is 42.2 Å². The highest BCUT2D eigenvalue weighted by Crippen LogP contribution is 2.35. The van der Waals surface area contributed by atoms with Gasteiger partial charge in [0.05, 0.1) is 25.5 Å². The average molecular weight is 381 g/mol. The molecule has 144 valence electrons. The second-order valence-corrected chi connectivity index (χ2v) is 5.78. The van der Waals surface area contributed by atoms with Gasteiger partial charge in [-0.3, -0.25) is 0 Å². The van der Waals surface area contributed by atoms with Gasteiger partial charge < -0.3 is 14.4 Å². The van der Waals surface area contributed by atoms with Crippen LogP contribution in [0.5, 0.6) is 0 Å². The summed E-state index contributed by atoms with van der Waals surface area (Å²) in [4.78, 5) is 21.6. The number of esters is 1. The Bertz CT molecular complexity index is 807. The topological polar surface area (TPSA) is 64.5 Å². The average Bonchev–Trinajstić information content (AvgIpc) is 2.68. The fourth-order valence-corrected chi connectivity index (χ4v) is 2.78. The Morgan fingerprint density at radius 2 is 1.85 bits per heavy atom. The van der Waals surface area contributed by atoms with Gasteiger partial charge in [-0.25, -0.2) is 14.8 Å². The molecule has 3 rings (SSSR count). The van der Waals surface area contributed by atoms with E-state index in [-0.39, 0.29) is 23.7 Å². The molecular formula is C18H18F3N3O3. The van der Waals surface area contributed by atoms with E-state index in [4.69, 9.17) is 9.47 Å². The Morgan fingerprint density at radius 1 is 1.19 bits per heavy atom. The van der Waals surface area contributed by atoms with Gasteiger partial charge in [-0.2, -0.15) is 13.2 Å². The molecule has 9 heteroatoms. The van der Waals surface area contributed by atoms with E-state index in [2.05, 4.69) is 9.97 Å². The number of alkyl halides is 3. The molecule has 0 atom stereocenters. The van der Waals surface area contributed by atoms with Crippen molar-refractivity contribution >= 4 is 11.8 Å². The van der Waals surface area contributed by atoms with E-state index in [1.807, 2.05) is 0 Å². The predicted molar refractivity (Wildman–Crippen MR) is 91.5 cm³/mol. The smallest absolute Gasteiger partial charge is 0.451 e. The molecule has 2 aromatic rings. The van der Waals surface area contributed by atoms with Crippen molar-refractivity contribution in [1.82, 2.24) is 9.97 Å². The number of halogens is 3. The summed E-state index contributed by atoms with van der Waals surface area (Å²) in [5.41, 5.74) is 0.207. The Kier molecular flexibility index (Phi) is 5.59. The van der Waals surface area contributed by atoms with Gasteiger partial charge in [0.1, 0.15) is 11.4 Å². The number of hydrogen-bond acceptors (Lipinski definition) is 6. The number of aromatic nitrogens is 2. The van der Waals surface area contributed by atoms with Crippen molar-refractivity contribution < 1.29 is 27.4 Å². The zero-order chi connectivity index (χ0) is 19.4. The fourth-order valence-electron chi connectivity index (χ4n) is 2.78. The van der Waals surface area contributed by atoms with E-state index in [0.29, 0.717) is 31.9 Å². The van der Waals surface area contributed by atoms with Crippen LogP contribution >= 0.6 is 0 Å². The highest BCUT2D eigenvalue weighted by Gasteiger charge is 2.38. The lowest BCUT2D eigenvalue weighted by Crippen LogP contribution is -2.38. The van der Waals surface area contributed by atoms with Crippen LogP contribution in [-0.4, -0.2) is 48.8 Å². The molecule has 0 saturated carbocycles. The summed E-state index contributed by atoms with van der Waals surface area (Å²) in [5.74, 6) is -2.14. The molecule has 0 radical (unpaired) electrons. The summed E-state index contributed by atoms with van der Waals surface area (Å²) < 4.78 is 50.6. The number of benzene rings is 1. The number of rotatable bonds is 4. The van der Waals surface area contributed by atoms with Crippen LogP contribution < -0.4 is 4.90 Å². The predicted octanol–water partition coefficient (Wildman–Crippen LogP) is 3.18. The number of ether oxygens (including phenoxy) is 2. The van der Waals surface area contributed by atoms with E-state index >= 15 is 0 Å². The van der Waals surface area contributed by atoms with Crippen LogP contribution in [0.15, 0.2) is 30.3 Å². The molecule has 1 aliphatic rings. The molecule has 27 heavy (non-hydrogen) atoms. The Labute approximate surface area is 153 Å². The molecule has 0 aliphatic carbocycles. The van der Waals surface area contributed by atoms with Gasteiger partial charge in [0.15, 0.2) is 0 Å². The van der Waals surface area contributed by atoms with Crippen LogP contribution in [0, 0.1) is 0 Å². The minimum absolute atomic E-state index is 0.0713. The van der Waals surface area contributed by atoms with Crippen LogP contribution in [0.4, 0.5) is 19.0 Å². The number of carbonyl (C=O) groups excluding carboxylic acids is 1. The molecule has 1 aliphatic heterocycles. The summed E-state index contributed by atoms with van der Waals surface area (Å²) in [6.45, 7) is 2.99. The third kappa shape index (κ3) is 4.19. The minimum atomic E-state index is -4.75. The van der Waals surface area contributed by atoms with Crippen molar-refractivity contribution in [3.05, 3.63) is 41.7 Å². The minimum Gasteiger partial charge on any atom is -0.462 e. The molecule has 1 aromatic carbocycles. The van der Waals surface area contributed by atoms with Gasteiger partial charge in [-0.05, 0) is 6.92 Å². The Balaban J connectivity index is 2.26. The molecule has 6 nitrogen and oxygen atoms in total. The van der Waals surface area contributed by atoms with Crippen LogP contribution in [-0.2, 0) is 15.7 Å². The quantitative estimate of drug-likeness (QED) is 0.758. The van der Waals surface area contributed by atoms with Gasteiger partial charge in [0.2, 0.25) is 5.82 Å². The van der Waals surface area contributed by atoms with E-state index in [0.717, 1.165) is 0 Å². The van der Waals surface area contributed by atoms with Crippen molar-refractivity contribution in [2.24, 2.45) is 0 Å². The van der Waals surface area contributed by atoms with Gasteiger partial charge in [-0.15, -0.1) is 0 Å². The monoisotopic (exact) mass is 381 g/mol. The molecule has 2 heterocycles. The highest BCUT2D eigenvalue weighted by atomic mass is 19.4. The molecule has 0 bridgehead atoms. The Hall–Kier alpha value is -2.68. The molecule has 0 spiro atoms. The summed E-state index contributed by atoms with van der Waals surface area (Å²) in [7, 11) is 0. The molecular weight excluding hydrogens is 363 g/mol. The van der Waals surface area contributed by atoms with Crippen LogP contribution in [0.3, 0.4) is 0 Å². The van der Waals surface area contributed by atoms with Gasteiger partial charge >= 0.3 is 12.1 Å². The molecule has 0 N–H and O–H groups in total. The third-order valence-electron chi connectivity index (χ3n) is 3.98. The van der Waals surface area contributed by atoms with Gasteiger partial charge in [0, 0.05) is 18.7 Å². The van der Waals surface area contributed by atoms with Gasteiger partial charge in [0.25, 0.3) is 0 Å². The standard InChI is InChI=1S/C18H18F3N3O3/c1-2-27-16(25)13-14(12-6-4-3-5-7-12)22-17(18(19,20)21)23-15(13)24-8-10-26-11-9-24/h3-7H,2,8-11H2,1H3. The maximum Gasteiger partial charge on any atom is 0.451 e. The molecule has 0 unspecified atom stereocenters. The molecule has 1 fully saturated rings. The number of carbonyl (C=O) groups is 1. The SMILES string of the molecule is CCOC(=O)c1c(-c2ccccc2)nc(C(F)(F)F)nc1N1CCOCC1. The highest BCUT2D eigenvalue weighted by molar-refractivity contribution is 6.01. The summed E-state index contributed by atoms with van der Waals surface area (Å²) in [6.07, 6.45) is -4.75. The van der Waals surface area contributed by atoms with E-state index < -0.39 is 18.0 Å². The van der Waals surface area contributed by atoms with Crippen molar-refractivity contribution in [3.8, 4) is 11.3 Å². The van der Waals surface area contributed by atoms with E-state index in [1.165, 1.54) is 0 Å². The normalized spacial score (nSPS) is 14.9. The first-order valence-electron chi connectivity index (χ1n) is 8.46. The Morgan fingerprint density at radius 3 is 2.44 bits per heavy atom. The fraction of sp³-hybridized carbons (Fsp3) is 0.389. The molecule has 0 amide bonds.